The lowest BCUT2D eigenvalue weighted by atomic mass is 9.95. The highest BCUT2D eigenvalue weighted by Gasteiger charge is 2.22. The Labute approximate surface area is 119 Å². The maximum atomic E-state index is 5.52. The van der Waals surface area contributed by atoms with Gasteiger partial charge in [0.25, 0.3) is 0 Å². The van der Waals surface area contributed by atoms with Crippen LogP contribution in [-0.2, 0) is 6.42 Å². The molecule has 1 aliphatic rings. The zero-order valence-corrected chi connectivity index (χ0v) is 12.1. The number of benzene rings is 2. The molecule has 0 saturated heterocycles. The number of ether oxygens (including phenoxy) is 2. The Bertz CT molecular complexity index is 662. The van der Waals surface area contributed by atoms with Crippen LogP contribution in [0.4, 0.5) is 0 Å². The van der Waals surface area contributed by atoms with Gasteiger partial charge in [-0.1, -0.05) is 30.3 Å². The van der Waals surface area contributed by atoms with Crippen molar-refractivity contribution >= 4 is 5.57 Å². The maximum absolute atomic E-state index is 5.52. The van der Waals surface area contributed by atoms with Crippen LogP contribution in [-0.4, -0.2) is 14.2 Å². The van der Waals surface area contributed by atoms with Gasteiger partial charge in [0.15, 0.2) is 0 Å². The summed E-state index contributed by atoms with van der Waals surface area (Å²) in [6.07, 6.45) is 3.23. The van der Waals surface area contributed by atoms with Crippen LogP contribution in [0, 0.1) is 6.92 Å². The predicted octanol–water partition coefficient (Wildman–Crippen LogP) is 4.00. The molecule has 2 heteroatoms. The summed E-state index contributed by atoms with van der Waals surface area (Å²) in [5.74, 6) is 1.70. The molecule has 0 saturated carbocycles. The quantitative estimate of drug-likeness (QED) is 0.836. The summed E-state index contributed by atoms with van der Waals surface area (Å²) >= 11 is 0. The predicted molar refractivity (Wildman–Crippen MR) is 81.5 cm³/mol. The highest BCUT2D eigenvalue weighted by atomic mass is 16.5. The molecule has 0 bridgehead atoms. The fourth-order valence-electron chi connectivity index (χ4n) is 2.89. The second-order valence-electron chi connectivity index (χ2n) is 4.96. The first-order chi connectivity index (χ1) is 9.76. The van der Waals surface area contributed by atoms with E-state index in [2.05, 4.69) is 31.2 Å². The molecule has 0 spiro atoms. The molecule has 20 heavy (non-hydrogen) atoms. The number of hydrogen-bond acceptors (Lipinski definition) is 2. The van der Waals surface area contributed by atoms with Gasteiger partial charge in [-0.05, 0) is 47.7 Å². The lowest BCUT2D eigenvalue weighted by Gasteiger charge is -2.15. The van der Waals surface area contributed by atoms with E-state index < -0.39 is 0 Å². The third-order valence-corrected chi connectivity index (χ3v) is 3.91. The van der Waals surface area contributed by atoms with E-state index in [1.54, 1.807) is 14.2 Å². The number of hydrogen-bond donors (Lipinski definition) is 0. The van der Waals surface area contributed by atoms with Crippen molar-refractivity contribution in [1.82, 2.24) is 0 Å². The summed E-state index contributed by atoms with van der Waals surface area (Å²) in [6, 6.07) is 12.4. The van der Waals surface area contributed by atoms with Crippen LogP contribution in [0.3, 0.4) is 0 Å². The van der Waals surface area contributed by atoms with E-state index in [1.165, 1.54) is 22.3 Å². The molecule has 0 amide bonds. The lowest BCUT2D eigenvalue weighted by Crippen LogP contribution is -1.97. The van der Waals surface area contributed by atoms with E-state index in [4.69, 9.17) is 9.47 Å². The van der Waals surface area contributed by atoms with Gasteiger partial charge in [0.1, 0.15) is 11.5 Å². The minimum Gasteiger partial charge on any atom is -0.496 e. The highest BCUT2D eigenvalue weighted by molar-refractivity contribution is 5.90. The molecule has 0 unspecified atom stereocenters. The summed E-state index contributed by atoms with van der Waals surface area (Å²) in [7, 11) is 3.40. The third kappa shape index (κ3) is 1.88. The van der Waals surface area contributed by atoms with Crippen molar-refractivity contribution in [3.8, 4) is 11.5 Å². The molecule has 2 nitrogen and oxygen atoms in total. The molecule has 0 fully saturated rings. The minimum atomic E-state index is 0.852. The largest absolute Gasteiger partial charge is 0.496 e. The Kier molecular flexibility index (Phi) is 3.23. The van der Waals surface area contributed by atoms with Gasteiger partial charge >= 0.3 is 0 Å². The molecule has 3 rings (SSSR count). The topological polar surface area (TPSA) is 18.5 Å². The third-order valence-electron chi connectivity index (χ3n) is 3.91. The first kappa shape index (κ1) is 12.8. The number of aryl methyl sites for hydroxylation is 1. The smallest absolute Gasteiger partial charge is 0.130 e. The second-order valence-corrected chi connectivity index (χ2v) is 4.96. The second kappa shape index (κ2) is 5.04. The van der Waals surface area contributed by atoms with Crippen molar-refractivity contribution in [2.45, 2.75) is 13.3 Å². The van der Waals surface area contributed by atoms with Crippen molar-refractivity contribution in [3.63, 3.8) is 0 Å². The molecule has 0 aromatic heterocycles. The number of fused-ring (bicyclic) bond motifs is 1. The molecule has 0 radical (unpaired) electrons. The molecule has 0 atom stereocenters. The maximum Gasteiger partial charge on any atom is 0.130 e. The summed E-state index contributed by atoms with van der Waals surface area (Å²) in [5, 5.41) is 0. The summed E-state index contributed by atoms with van der Waals surface area (Å²) in [5.41, 5.74) is 6.27. The van der Waals surface area contributed by atoms with Crippen molar-refractivity contribution in [2.75, 3.05) is 14.2 Å². The van der Waals surface area contributed by atoms with Crippen molar-refractivity contribution in [1.29, 1.82) is 0 Å². The van der Waals surface area contributed by atoms with Gasteiger partial charge in [-0.25, -0.2) is 0 Å². The zero-order valence-electron chi connectivity index (χ0n) is 12.1. The van der Waals surface area contributed by atoms with Crippen molar-refractivity contribution in [2.24, 2.45) is 0 Å². The molecule has 2 aromatic carbocycles. The first-order valence-corrected chi connectivity index (χ1v) is 6.76. The van der Waals surface area contributed by atoms with E-state index in [0.29, 0.717) is 0 Å². The van der Waals surface area contributed by atoms with Crippen LogP contribution in [0.2, 0.25) is 0 Å². The van der Waals surface area contributed by atoms with Gasteiger partial charge in [0, 0.05) is 0 Å². The van der Waals surface area contributed by atoms with Crippen LogP contribution < -0.4 is 9.47 Å². The summed E-state index contributed by atoms with van der Waals surface area (Å²) in [6.45, 7) is 2.16. The van der Waals surface area contributed by atoms with Crippen LogP contribution >= 0.6 is 0 Å². The van der Waals surface area contributed by atoms with Gasteiger partial charge in [-0.15, -0.1) is 0 Å². The summed E-state index contributed by atoms with van der Waals surface area (Å²) < 4.78 is 11.0. The average Bonchev–Trinajstić information content (AvgIpc) is 2.91. The van der Waals surface area contributed by atoms with Gasteiger partial charge in [0.05, 0.1) is 19.8 Å². The fourth-order valence-corrected chi connectivity index (χ4v) is 2.89. The standard InChI is InChI=1S/C18H18O2/c1-12-6-4-7-14-13(12)10-11-15(14)18-16(19-2)8-5-9-17(18)20-3/h4-9,11H,10H2,1-3H3. The summed E-state index contributed by atoms with van der Waals surface area (Å²) in [4.78, 5) is 0. The molecular weight excluding hydrogens is 248 g/mol. The van der Waals surface area contributed by atoms with E-state index in [-0.39, 0.29) is 0 Å². The minimum absolute atomic E-state index is 0.852. The van der Waals surface area contributed by atoms with Crippen molar-refractivity contribution in [3.05, 3.63) is 64.7 Å². The Hall–Kier alpha value is -2.22. The monoisotopic (exact) mass is 266 g/mol. The van der Waals surface area contributed by atoms with E-state index in [9.17, 15) is 0 Å². The molecule has 1 aliphatic carbocycles. The number of allylic oxidation sites excluding steroid dienone is 1. The Morgan fingerprint density at radius 3 is 2.20 bits per heavy atom. The molecule has 0 heterocycles. The van der Waals surface area contributed by atoms with Crippen LogP contribution in [0.1, 0.15) is 22.3 Å². The SMILES string of the molecule is COc1cccc(OC)c1C1=CCc2c(C)cccc21. The molecule has 0 N–H and O–H groups in total. The van der Waals surface area contributed by atoms with Crippen LogP contribution in [0.15, 0.2) is 42.5 Å². The first-order valence-electron chi connectivity index (χ1n) is 6.76. The molecular formula is C18H18O2. The Balaban J connectivity index is 2.20. The van der Waals surface area contributed by atoms with E-state index in [0.717, 1.165) is 23.5 Å². The van der Waals surface area contributed by atoms with Crippen LogP contribution in [0.25, 0.3) is 5.57 Å². The van der Waals surface area contributed by atoms with Gasteiger partial charge < -0.3 is 9.47 Å². The number of rotatable bonds is 3. The Morgan fingerprint density at radius 1 is 0.900 bits per heavy atom. The molecule has 0 aliphatic heterocycles. The molecule has 2 aromatic rings. The fraction of sp³-hybridized carbons (Fsp3) is 0.222. The molecule has 102 valence electrons. The average molecular weight is 266 g/mol. The van der Waals surface area contributed by atoms with E-state index >= 15 is 0 Å². The zero-order chi connectivity index (χ0) is 14.1. The normalized spacial score (nSPS) is 12.8. The number of methoxy groups -OCH3 is 2. The van der Waals surface area contributed by atoms with Gasteiger partial charge in [0.2, 0.25) is 0 Å². The van der Waals surface area contributed by atoms with Crippen LogP contribution in [0.5, 0.6) is 11.5 Å². The highest BCUT2D eigenvalue weighted by Crippen LogP contribution is 2.42. The van der Waals surface area contributed by atoms with Gasteiger partial charge in [-0.3, -0.25) is 0 Å². The van der Waals surface area contributed by atoms with E-state index in [1.807, 2.05) is 18.2 Å². The van der Waals surface area contributed by atoms with Crippen molar-refractivity contribution < 1.29 is 9.47 Å². The lowest BCUT2D eigenvalue weighted by molar-refractivity contribution is 0.392. The van der Waals surface area contributed by atoms with Gasteiger partial charge in [-0.2, -0.15) is 0 Å². The Morgan fingerprint density at radius 2 is 1.55 bits per heavy atom.